The fourth-order valence-corrected chi connectivity index (χ4v) is 4.10. The highest BCUT2D eigenvalue weighted by molar-refractivity contribution is 7.44. The average Bonchev–Trinajstić information content (AvgIpc) is 2.76. The number of phosphoric ester groups is 1. The van der Waals surface area contributed by atoms with Crippen molar-refractivity contribution >= 4 is 7.82 Å². The van der Waals surface area contributed by atoms with E-state index in [0.29, 0.717) is 11.0 Å². The quantitative estimate of drug-likeness (QED) is 0.0795. The van der Waals surface area contributed by atoms with E-state index in [2.05, 4.69) is 16.8 Å². The van der Waals surface area contributed by atoms with Crippen LogP contribution in [0.3, 0.4) is 0 Å². The Morgan fingerprint density at radius 2 is 1.09 bits per heavy atom. The van der Waals surface area contributed by atoms with Crippen LogP contribution in [0.4, 0.5) is 0 Å². The van der Waals surface area contributed by atoms with Crippen molar-refractivity contribution in [2.45, 2.75) is 122 Å². The summed E-state index contributed by atoms with van der Waals surface area (Å²) in [5.41, 5.74) is 0. The van der Waals surface area contributed by atoms with Gasteiger partial charge in [-0.2, -0.15) is 0 Å². The van der Waals surface area contributed by atoms with Gasteiger partial charge in [0.1, 0.15) is 13.2 Å². The first-order chi connectivity index (χ1) is 16.6. The van der Waals surface area contributed by atoms with Crippen LogP contribution in [0.5, 0.6) is 0 Å². The zero-order chi connectivity index (χ0) is 26.7. The molecule has 3 N–H and O–H groups in total. The van der Waals surface area contributed by atoms with Crippen LogP contribution in [0.2, 0.25) is 0 Å². The minimum absolute atomic E-state index is 0.0147. The highest BCUT2D eigenvalue weighted by atomic mass is 31.2. The maximum absolute atomic E-state index is 10.1. The van der Waals surface area contributed by atoms with Crippen molar-refractivity contribution in [3.8, 4) is 0 Å². The maximum Gasteiger partial charge on any atom is 0.265 e. The zero-order valence-electron chi connectivity index (χ0n) is 23.8. The molecule has 214 valence electrons. The second-order valence-electron chi connectivity index (χ2n) is 10.8. The van der Waals surface area contributed by atoms with Crippen molar-refractivity contribution in [3.05, 3.63) is 0 Å². The molecule has 0 aromatic rings. The van der Waals surface area contributed by atoms with Crippen LogP contribution in [0.25, 0.3) is 0 Å². The summed E-state index contributed by atoms with van der Waals surface area (Å²) in [5, 5.41) is 11.9. The number of rotatable bonds is 25. The minimum Gasteiger partial charge on any atom is -0.756 e. The van der Waals surface area contributed by atoms with Crippen molar-refractivity contribution in [3.63, 3.8) is 0 Å². The van der Waals surface area contributed by atoms with Crippen molar-refractivity contribution in [2.24, 2.45) is 0 Å². The molecule has 1 unspecified atom stereocenters. The van der Waals surface area contributed by atoms with E-state index in [0.717, 1.165) is 13.1 Å². The summed E-state index contributed by atoms with van der Waals surface area (Å²) in [4.78, 5) is 18.3. The van der Waals surface area contributed by atoms with Crippen LogP contribution in [0.15, 0.2) is 0 Å². The molecule has 0 aliphatic carbocycles. The number of hydrogen-bond donors (Lipinski definition) is 3. The number of hydrogen-bond acceptors (Lipinski definition) is 5. The third-order valence-electron chi connectivity index (χ3n) is 6.01. The molecule has 1 atom stereocenters. The molecule has 0 aliphatic rings. The Balaban J connectivity index is 0. The predicted octanol–water partition coefficient (Wildman–Crippen LogP) is 5.78. The molecule has 7 nitrogen and oxygen atoms in total. The van der Waals surface area contributed by atoms with Gasteiger partial charge in [0, 0.05) is 6.54 Å². The van der Waals surface area contributed by atoms with E-state index in [-0.39, 0.29) is 13.2 Å². The third-order valence-corrected chi connectivity index (χ3v) is 6.52. The van der Waals surface area contributed by atoms with Gasteiger partial charge in [0.2, 0.25) is 0 Å². The number of nitrogens with zero attached hydrogens (tertiary/aromatic N) is 1. The molecule has 0 heterocycles. The number of aliphatic hydroxyl groups is 1. The molecule has 0 saturated carbocycles. The molecule has 0 spiro atoms. The summed E-state index contributed by atoms with van der Waals surface area (Å²) in [6.45, 7) is 4.92. The van der Waals surface area contributed by atoms with Crippen molar-refractivity contribution < 1.29 is 28.5 Å². The van der Waals surface area contributed by atoms with Gasteiger partial charge in [-0.15, -0.1) is 0 Å². The number of aliphatic hydroxyl groups excluding tert-OH is 1. The van der Waals surface area contributed by atoms with E-state index in [1.165, 1.54) is 116 Å². The summed E-state index contributed by atoms with van der Waals surface area (Å²) < 4.78 is 14.8. The Morgan fingerprint density at radius 3 is 1.40 bits per heavy atom. The lowest BCUT2D eigenvalue weighted by Gasteiger charge is -2.25. The molecule has 0 fully saturated rings. The number of unbranched alkanes of at least 4 members (excludes halogenated alkanes) is 17. The van der Waals surface area contributed by atoms with Crippen LogP contribution in [0.1, 0.15) is 122 Å². The summed E-state index contributed by atoms with van der Waals surface area (Å²) in [5.74, 6) is 0. The lowest BCUT2D eigenvalue weighted by molar-refractivity contribution is -0.870. The molecule has 0 aromatic heterocycles. The molecule has 0 rings (SSSR count). The van der Waals surface area contributed by atoms with E-state index in [4.69, 9.17) is 10.00 Å². The minimum atomic E-state index is -4.51. The molecule has 0 bridgehead atoms. The van der Waals surface area contributed by atoms with Crippen molar-refractivity contribution in [2.75, 3.05) is 54.0 Å². The Kier molecular flexibility index (Phi) is 28.7. The van der Waals surface area contributed by atoms with Crippen LogP contribution in [0, 0.1) is 0 Å². The second kappa shape index (κ2) is 27.0. The van der Waals surface area contributed by atoms with E-state index >= 15 is 0 Å². The van der Waals surface area contributed by atoms with Gasteiger partial charge in [-0.1, -0.05) is 116 Å². The normalized spacial score (nSPS) is 13.3. The van der Waals surface area contributed by atoms with Crippen LogP contribution < -0.4 is 10.2 Å². The van der Waals surface area contributed by atoms with Crippen LogP contribution in [-0.2, 0) is 9.09 Å². The molecule has 0 saturated heterocycles. The van der Waals surface area contributed by atoms with Crippen LogP contribution >= 0.6 is 7.82 Å². The molecule has 8 heteroatoms. The average molecular weight is 525 g/mol. The number of nitrogens with one attached hydrogen (secondary N) is 1. The lowest BCUT2D eigenvalue weighted by atomic mass is 10.0. The van der Waals surface area contributed by atoms with E-state index in [9.17, 15) is 9.46 Å². The highest BCUT2D eigenvalue weighted by Gasteiger charge is 2.09. The first kappa shape index (κ1) is 37.1. The Bertz CT molecular complexity index is 433. The first-order valence-electron chi connectivity index (χ1n) is 14.4. The van der Waals surface area contributed by atoms with Gasteiger partial charge in [-0.3, -0.25) is 4.57 Å². The number of phosphoric acid groups is 1. The van der Waals surface area contributed by atoms with E-state index < -0.39 is 7.82 Å². The number of quaternary nitrogens is 1. The number of likely N-dealkylation sites (N-methyl/N-ethyl adjacent to an activating group) is 1. The topological polar surface area (TPSA) is 102 Å². The van der Waals surface area contributed by atoms with Gasteiger partial charge in [0.15, 0.2) is 0 Å². The Hall–Kier alpha value is -0.0100. The fraction of sp³-hybridized carbons (Fsp3) is 1.00. The Morgan fingerprint density at radius 1 is 0.714 bits per heavy atom. The maximum atomic E-state index is 10.1. The largest absolute Gasteiger partial charge is 0.756 e. The molecule has 0 aliphatic heterocycles. The fourth-order valence-electron chi connectivity index (χ4n) is 3.79. The van der Waals surface area contributed by atoms with Gasteiger partial charge in [0.05, 0.1) is 27.7 Å². The van der Waals surface area contributed by atoms with Crippen LogP contribution in [-0.4, -0.2) is 68.5 Å². The first-order valence-corrected chi connectivity index (χ1v) is 15.9. The van der Waals surface area contributed by atoms with Gasteiger partial charge in [0.25, 0.3) is 7.82 Å². The van der Waals surface area contributed by atoms with Crippen molar-refractivity contribution in [1.29, 1.82) is 0 Å². The highest BCUT2D eigenvalue weighted by Crippen LogP contribution is 2.29. The van der Waals surface area contributed by atoms with Gasteiger partial charge < -0.3 is 29.2 Å². The summed E-state index contributed by atoms with van der Waals surface area (Å²) in [6.07, 6.45) is 25.7. The summed E-state index contributed by atoms with van der Waals surface area (Å²) in [7, 11) is 1.19. The smallest absolute Gasteiger partial charge is 0.265 e. The summed E-state index contributed by atoms with van der Waals surface area (Å²) >= 11 is 0. The molecule has 0 amide bonds. The predicted molar refractivity (Wildman–Crippen MR) is 147 cm³/mol. The van der Waals surface area contributed by atoms with Crippen molar-refractivity contribution in [1.82, 2.24) is 5.32 Å². The molecular formula is C27H61N2O5P. The standard InChI is InChI=1S/C22H47NO.C5H14NO4P/c1-2-3-4-5-6-7-8-9-10-11-12-13-14-15-16-17-18-19-20-23-21-22-24;1-6(2,3)4-5-10-11(7,8)9/h23-24H,2-22H2,1H3;4-5H2,1-3H3,(H-,7,8,9). The van der Waals surface area contributed by atoms with Gasteiger partial charge >= 0.3 is 0 Å². The third kappa shape index (κ3) is 41.4. The molecular weight excluding hydrogens is 463 g/mol. The monoisotopic (exact) mass is 524 g/mol. The molecule has 0 radical (unpaired) electrons. The summed E-state index contributed by atoms with van der Waals surface area (Å²) in [6, 6.07) is 0. The molecule has 0 aromatic carbocycles. The van der Waals surface area contributed by atoms with Gasteiger partial charge in [-0.25, -0.2) is 0 Å². The SMILES string of the molecule is CCCCCCCCCCCCCCCCCCCCNCCO.C[N+](C)(C)CCOP(=O)([O-])O. The lowest BCUT2D eigenvalue weighted by Crippen LogP contribution is -2.37. The Labute approximate surface area is 218 Å². The second-order valence-corrected chi connectivity index (χ2v) is 12.0. The zero-order valence-corrected chi connectivity index (χ0v) is 24.7. The van der Waals surface area contributed by atoms with E-state index in [1.807, 2.05) is 21.1 Å². The molecule has 35 heavy (non-hydrogen) atoms. The van der Waals surface area contributed by atoms with Gasteiger partial charge in [-0.05, 0) is 13.0 Å². The van der Waals surface area contributed by atoms with E-state index in [1.54, 1.807) is 0 Å².